The van der Waals surface area contributed by atoms with Gasteiger partial charge in [0.2, 0.25) is 0 Å². The fraction of sp³-hybridized carbons (Fsp3) is 0.333. The predicted octanol–water partition coefficient (Wildman–Crippen LogP) is 3.76. The molecule has 1 unspecified atom stereocenters. The van der Waals surface area contributed by atoms with Crippen molar-refractivity contribution in [1.29, 1.82) is 0 Å². The molecule has 6 nitrogen and oxygen atoms in total. The number of nitrogens with one attached hydrogen (secondary N) is 1. The first-order valence-electron chi connectivity index (χ1n) is 8.09. The number of halogens is 3. The number of rotatable bonds is 7. The third-order valence-electron chi connectivity index (χ3n) is 3.64. The van der Waals surface area contributed by atoms with E-state index in [2.05, 4.69) is 5.32 Å². The number of furan rings is 1. The summed E-state index contributed by atoms with van der Waals surface area (Å²) in [6.07, 6.45) is -4.26. The predicted molar refractivity (Wildman–Crippen MR) is 88.9 cm³/mol. The van der Waals surface area contributed by atoms with Gasteiger partial charge in [0.15, 0.2) is 5.76 Å². The number of para-hydroxylation sites is 1. The van der Waals surface area contributed by atoms with Crippen LogP contribution in [0.5, 0.6) is 5.75 Å². The molecule has 0 saturated heterocycles. The summed E-state index contributed by atoms with van der Waals surface area (Å²) in [7, 11) is 0. The van der Waals surface area contributed by atoms with Crippen LogP contribution in [0, 0.1) is 0 Å². The van der Waals surface area contributed by atoms with Gasteiger partial charge in [-0.2, -0.15) is 13.2 Å². The number of hydrogen-bond donors (Lipinski definition) is 2. The largest absolute Gasteiger partial charge is 0.491 e. The molecule has 0 aliphatic heterocycles. The first-order valence-corrected chi connectivity index (χ1v) is 8.09. The summed E-state index contributed by atoms with van der Waals surface area (Å²) in [5, 5.41) is 11.6. The number of carboxylic acids is 1. The lowest BCUT2D eigenvalue weighted by atomic mass is 10.2. The Kier molecular flexibility index (Phi) is 6.14. The van der Waals surface area contributed by atoms with E-state index >= 15 is 0 Å². The Balaban J connectivity index is 2.02. The van der Waals surface area contributed by atoms with E-state index in [1.807, 2.05) is 0 Å². The number of aromatic carboxylic acids is 1. The Labute approximate surface area is 152 Å². The van der Waals surface area contributed by atoms with E-state index in [1.165, 1.54) is 25.1 Å². The number of hydrogen-bond acceptors (Lipinski definition) is 4. The van der Waals surface area contributed by atoms with Gasteiger partial charge < -0.3 is 19.6 Å². The molecule has 27 heavy (non-hydrogen) atoms. The highest BCUT2D eigenvalue weighted by atomic mass is 19.4. The second-order valence-corrected chi connectivity index (χ2v) is 5.79. The Morgan fingerprint density at radius 1 is 1.30 bits per heavy atom. The van der Waals surface area contributed by atoms with E-state index in [4.69, 9.17) is 14.3 Å². The van der Waals surface area contributed by atoms with Crippen LogP contribution in [0.1, 0.15) is 46.1 Å². The topological polar surface area (TPSA) is 88.8 Å². The van der Waals surface area contributed by atoms with E-state index in [0.717, 1.165) is 12.1 Å². The Bertz CT molecular complexity index is 829. The van der Waals surface area contributed by atoms with Crippen molar-refractivity contribution in [3.8, 4) is 5.75 Å². The summed E-state index contributed by atoms with van der Waals surface area (Å²) >= 11 is 0. The second-order valence-electron chi connectivity index (χ2n) is 5.79. The smallest absolute Gasteiger partial charge is 0.419 e. The molecule has 0 spiro atoms. The number of aryl methyl sites for hydroxylation is 1. The molecule has 0 aliphatic carbocycles. The maximum atomic E-state index is 12.9. The van der Waals surface area contributed by atoms with E-state index in [9.17, 15) is 22.8 Å². The van der Waals surface area contributed by atoms with Gasteiger partial charge in [0.05, 0.1) is 11.6 Å². The van der Waals surface area contributed by atoms with Crippen LogP contribution in [0.2, 0.25) is 0 Å². The Hall–Kier alpha value is -2.97. The minimum atomic E-state index is -4.55. The molecule has 146 valence electrons. The van der Waals surface area contributed by atoms with Crippen LogP contribution in [0.3, 0.4) is 0 Å². The molecule has 1 aromatic heterocycles. The summed E-state index contributed by atoms with van der Waals surface area (Å²) in [6, 6.07) is 5.22. The molecule has 0 fully saturated rings. The summed E-state index contributed by atoms with van der Waals surface area (Å²) in [5.41, 5.74) is -1.01. The summed E-state index contributed by atoms with van der Waals surface area (Å²) in [6.45, 7) is 3.00. The molecule has 1 aromatic carbocycles. The number of benzene rings is 1. The molecule has 1 atom stereocenters. The number of ether oxygens (including phenoxy) is 1. The zero-order valence-electron chi connectivity index (χ0n) is 14.6. The zero-order valence-corrected chi connectivity index (χ0v) is 14.6. The van der Waals surface area contributed by atoms with Crippen molar-refractivity contribution in [3.05, 3.63) is 53.0 Å². The molecule has 0 bridgehead atoms. The van der Waals surface area contributed by atoms with Crippen molar-refractivity contribution in [2.75, 3.05) is 6.61 Å². The van der Waals surface area contributed by atoms with Crippen molar-refractivity contribution < 1.29 is 37.0 Å². The number of carbonyl (C=O) groups is 2. The summed E-state index contributed by atoms with van der Waals surface area (Å²) in [4.78, 5) is 23.3. The van der Waals surface area contributed by atoms with Crippen molar-refractivity contribution >= 4 is 11.9 Å². The quantitative estimate of drug-likeness (QED) is 0.758. The zero-order chi connectivity index (χ0) is 20.2. The van der Waals surface area contributed by atoms with E-state index in [0.29, 0.717) is 6.42 Å². The lowest BCUT2D eigenvalue weighted by molar-refractivity contribution is -0.139. The normalized spacial score (nSPS) is 12.5. The van der Waals surface area contributed by atoms with Crippen LogP contribution in [0.15, 0.2) is 34.7 Å². The lowest BCUT2D eigenvalue weighted by Crippen LogP contribution is -2.36. The van der Waals surface area contributed by atoms with Crippen LogP contribution >= 0.6 is 0 Å². The van der Waals surface area contributed by atoms with Gasteiger partial charge in [0.1, 0.15) is 23.7 Å². The first kappa shape index (κ1) is 20.3. The molecule has 2 N–H and O–H groups in total. The SMILES string of the molecule is CCc1oc(C(=O)NC(C)COc2ccccc2C(F)(F)F)cc1C(=O)O. The van der Waals surface area contributed by atoms with Crippen molar-refractivity contribution in [1.82, 2.24) is 5.32 Å². The number of carboxylic acid groups (broad SMARTS) is 1. The second kappa shape index (κ2) is 8.15. The maximum Gasteiger partial charge on any atom is 0.419 e. The van der Waals surface area contributed by atoms with Crippen LogP contribution in [-0.4, -0.2) is 29.6 Å². The standard InChI is InChI=1S/C18H18F3NO5/c1-3-13-11(17(24)25)8-15(27-13)16(23)22-10(2)9-26-14-7-5-4-6-12(14)18(19,20)21/h4-8,10H,3,9H2,1-2H3,(H,22,23)(H,24,25). The lowest BCUT2D eigenvalue weighted by Gasteiger charge is -2.17. The third kappa shape index (κ3) is 5.02. The first-order chi connectivity index (χ1) is 12.6. The van der Waals surface area contributed by atoms with Crippen molar-refractivity contribution in [2.45, 2.75) is 32.5 Å². The molecular formula is C18H18F3NO5. The van der Waals surface area contributed by atoms with Gasteiger partial charge in [-0.05, 0) is 19.1 Å². The Morgan fingerprint density at radius 2 is 1.96 bits per heavy atom. The summed E-state index contributed by atoms with van der Waals surface area (Å²) in [5.74, 6) is -2.26. The molecule has 9 heteroatoms. The number of alkyl halides is 3. The fourth-order valence-electron chi connectivity index (χ4n) is 2.36. The number of amides is 1. The molecule has 1 heterocycles. The van der Waals surface area contributed by atoms with Crippen LogP contribution in [0.25, 0.3) is 0 Å². The molecule has 0 saturated carbocycles. The maximum absolute atomic E-state index is 12.9. The number of carbonyl (C=O) groups excluding carboxylic acids is 1. The van der Waals surface area contributed by atoms with Gasteiger partial charge in [0.25, 0.3) is 5.91 Å². The molecule has 2 rings (SSSR count). The van der Waals surface area contributed by atoms with Gasteiger partial charge in [0, 0.05) is 12.5 Å². The van der Waals surface area contributed by atoms with Gasteiger partial charge in [-0.25, -0.2) is 4.79 Å². The average Bonchev–Trinajstić information content (AvgIpc) is 3.04. The molecule has 0 aliphatic rings. The minimum Gasteiger partial charge on any atom is -0.491 e. The molecule has 0 radical (unpaired) electrons. The monoisotopic (exact) mass is 385 g/mol. The van der Waals surface area contributed by atoms with Crippen LogP contribution in [-0.2, 0) is 12.6 Å². The van der Waals surface area contributed by atoms with Crippen LogP contribution < -0.4 is 10.1 Å². The molecule has 2 aromatic rings. The highest BCUT2D eigenvalue weighted by molar-refractivity contribution is 5.96. The van der Waals surface area contributed by atoms with Crippen molar-refractivity contribution in [2.24, 2.45) is 0 Å². The van der Waals surface area contributed by atoms with E-state index < -0.39 is 29.7 Å². The third-order valence-corrected chi connectivity index (χ3v) is 3.64. The van der Waals surface area contributed by atoms with Crippen LogP contribution in [0.4, 0.5) is 13.2 Å². The molecule has 1 amide bonds. The van der Waals surface area contributed by atoms with Crippen molar-refractivity contribution in [3.63, 3.8) is 0 Å². The average molecular weight is 385 g/mol. The fourth-order valence-corrected chi connectivity index (χ4v) is 2.36. The summed E-state index contributed by atoms with van der Waals surface area (Å²) < 4.78 is 49.2. The Morgan fingerprint density at radius 3 is 2.52 bits per heavy atom. The van der Waals surface area contributed by atoms with Gasteiger partial charge in [-0.3, -0.25) is 4.79 Å². The minimum absolute atomic E-state index is 0.106. The van der Waals surface area contributed by atoms with Gasteiger partial charge in [-0.1, -0.05) is 19.1 Å². The van der Waals surface area contributed by atoms with E-state index in [1.54, 1.807) is 6.92 Å². The van der Waals surface area contributed by atoms with E-state index in [-0.39, 0.29) is 29.4 Å². The van der Waals surface area contributed by atoms with Gasteiger partial charge >= 0.3 is 12.1 Å². The molecular weight excluding hydrogens is 367 g/mol. The highest BCUT2D eigenvalue weighted by Gasteiger charge is 2.34. The highest BCUT2D eigenvalue weighted by Crippen LogP contribution is 2.35. The van der Waals surface area contributed by atoms with Gasteiger partial charge in [-0.15, -0.1) is 0 Å².